The summed E-state index contributed by atoms with van der Waals surface area (Å²) in [5.74, 6) is 12.5. The summed E-state index contributed by atoms with van der Waals surface area (Å²) in [7, 11) is -3.66. The maximum Gasteiger partial charge on any atom is 0.207 e. The number of benzene rings is 4. The van der Waals surface area contributed by atoms with E-state index in [1.165, 1.54) is 0 Å². The van der Waals surface area contributed by atoms with Crippen LogP contribution >= 0.6 is 0 Å². The second-order valence-electron chi connectivity index (χ2n) is 7.85. The van der Waals surface area contributed by atoms with Gasteiger partial charge >= 0.3 is 0 Å². The first-order valence-corrected chi connectivity index (χ1v) is 13.1. The van der Waals surface area contributed by atoms with E-state index in [9.17, 15) is 8.42 Å². The van der Waals surface area contributed by atoms with Gasteiger partial charge in [-0.25, -0.2) is 8.42 Å². The van der Waals surface area contributed by atoms with Gasteiger partial charge in [0.1, 0.15) is 0 Å². The minimum atomic E-state index is -3.66. The van der Waals surface area contributed by atoms with E-state index in [2.05, 4.69) is 35.1 Å². The maximum absolute atomic E-state index is 12.5. The predicted octanol–water partition coefficient (Wildman–Crippen LogP) is 6.85. The van der Waals surface area contributed by atoms with Gasteiger partial charge in [0.05, 0.1) is 10.8 Å². The van der Waals surface area contributed by atoms with Gasteiger partial charge in [0, 0.05) is 22.3 Å². The van der Waals surface area contributed by atoms with Crippen LogP contribution in [0.3, 0.4) is 0 Å². The quantitative estimate of drug-likeness (QED) is 0.230. The van der Waals surface area contributed by atoms with Crippen molar-refractivity contribution in [1.29, 1.82) is 0 Å². The van der Waals surface area contributed by atoms with Gasteiger partial charge in [0.25, 0.3) is 0 Å². The van der Waals surface area contributed by atoms with Gasteiger partial charge in [-0.05, 0) is 59.7 Å². The molecule has 0 saturated heterocycles. The van der Waals surface area contributed by atoms with Crippen molar-refractivity contribution in [3.8, 4) is 23.7 Å². The second-order valence-corrected chi connectivity index (χ2v) is 9.50. The van der Waals surface area contributed by atoms with Gasteiger partial charge in [-0.15, -0.1) is 11.5 Å². The topological polar surface area (TPSA) is 34.1 Å². The van der Waals surface area contributed by atoms with E-state index in [-0.39, 0.29) is 0 Å². The Bertz CT molecular complexity index is 1620. The SMILES string of the molecule is O=S(=O)(C=C=Cc1ccccc1C#Cc1ccccc1)C=C=Cc1ccccc1C#Cc1ccccc1. The zero-order chi connectivity index (χ0) is 25.8. The molecule has 2 nitrogen and oxygen atoms in total. The van der Waals surface area contributed by atoms with Crippen molar-refractivity contribution in [1.82, 2.24) is 0 Å². The van der Waals surface area contributed by atoms with E-state index < -0.39 is 9.84 Å². The molecule has 37 heavy (non-hydrogen) atoms. The van der Waals surface area contributed by atoms with E-state index in [1.807, 2.05) is 109 Å². The van der Waals surface area contributed by atoms with E-state index in [0.717, 1.165) is 44.2 Å². The molecule has 0 bridgehead atoms. The summed E-state index contributed by atoms with van der Waals surface area (Å²) in [5.41, 5.74) is 10.5. The Kier molecular flexibility index (Phi) is 8.56. The van der Waals surface area contributed by atoms with Crippen molar-refractivity contribution in [2.45, 2.75) is 0 Å². The molecule has 4 aromatic rings. The highest BCUT2D eigenvalue weighted by molar-refractivity contribution is 7.97. The third kappa shape index (κ3) is 8.02. The van der Waals surface area contributed by atoms with Crippen LogP contribution in [0.4, 0.5) is 0 Å². The number of sulfone groups is 1. The molecule has 176 valence electrons. The summed E-state index contributed by atoms with van der Waals surface area (Å²) in [6.07, 6.45) is 3.22. The highest BCUT2D eigenvalue weighted by atomic mass is 32.2. The van der Waals surface area contributed by atoms with Gasteiger partial charge in [-0.2, -0.15) is 0 Å². The molecule has 0 saturated carbocycles. The molecule has 0 N–H and O–H groups in total. The Labute approximate surface area is 218 Å². The van der Waals surface area contributed by atoms with Crippen molar-refractivity contribution in [2.24, 2.45) is 0 Å². The Morgan fingerprint density at radius 2 is 0.838 bits per heavy atom. The standard InChI is InChI=1S/C34H22O2S/c35-37(36,27-11-21-31-17-7-9-19-33(31)25-23-29-13-3-1-4-14-29)28-12-22-32-18-8-10-20-34(32)26-24-30-15-5-2-6-16-30/h1-10,13-22,27-28H. The van der Waals surface area contributed by atoms with Crippen LogP contribution in [0.15, 0.2) is 131 Å². The molecule has 0 heterocycles. The van der Waals surface area contributed by atoms with Crippen LogP contribution in [0, 0.1) is 23.7 Å². The largest absolute Gasteiger partial charge is 0.218 e. The van der Waals surface area contributed by atoms with Crippen LogP contribution in [0.2, 0.25) is 0 Å². The zero-order valence-corrected chi connectivity index (χ0v) is 20.7. The van der Waals surface area contributed by atoms with Crippen LogP contribution in [-0.4, -0.2) is 8.42 Å². The zero-order valence-electron chi connectivity index (χ0n) is 19.9. The minimum Gasteiger partial charge on any atom is -0.218 e. The lowest BCUT2D eigenvalue weighted by Gasteiger charge is -1.96. The first-order valence-electron chi connectivity index (χ1n) is 11.5. The van der Waals surface area contributed by atoms with Gasteiger partial charge in [-0.1, -0.05) is 96.5 Å². The number of hydrogen-bond acceptors (Lipinski definition) is 2. The average Bonchev–Trinajstić information content (AvgIpc) is 2.93. The van der Waals surface area contributed by atoms with Gasteiger partial charge in [-0.3, -0.25) is 0 Å². The van der Waals surface area contributed by atoms with E-state index in [0.29, 0.717) is 0 Å². The molecule has 0 aliphatic heterocycles. The summed E-state index contributed by atoms with van der Waals surface area (Å²) in [4.78, 5) is 0. The number of rotatable bonds is 4. The smallest absolute Gasteiger partial charge is 0.207 e. The Morgan fingerprint density at radius 1 is 0.459 bits per heavy atom. The van der Waals surface area contributed by atoms with Crippen molar-refractivity contribution < 1.29 is 8.42 Å². The van der Waals surface area contributed by atoms with Crippen molar-refractivity contribution in [3.63, 3.8) is 0 Å². The molecule has 0 aliphatic rings. The highest BCUT2D eigenvalue weighted by Gasteiger charge is 1.99. The summed E-state index contributed by atoms with van der Waals surface area (Å²) >= 11 is 0. The molecule has 3 heteroatoms. The molecule has 0 aliphatic carbocycles. The molecule has 4 rings (SSSR count). The Morgan fingerprint density at radius 3 is 1.27 bits per heavy atom. The fraction of sp³-hybridized carbons (Fsp3) is 0. The fourth-order valence-electron chi connectivity index (χ4n) is 3.27. The summed E-state index contributed by atoms with van der Waals surface area (Å²) in [6.45, 7) is 0. The number of hydrogen-bond donors (Lipinski definition) is 0. The lowest BCUT2D eigenvalue weighted by atomic mass is 10.1. The van der Waals surface area contributed by atoms with E-state index in [4.69, 9.17) is 0 Å². The average molecular weight is 495 g/mol. The molecular weight excluding hydrogens is 472 g/mol. The van der Waals surface area contributed by atoms with Crippen molar-refractivity contribution in [3.05, 3.63) is 165 Å². The van der Waals surface area contributed by atoms with Crippen LogP contribution in [0.5, 0.6) is 0 Å². The predicted molar refractivity (Wildman–Crippen MR) is 152 cm³/mol. The molecular formula is C34H22O2S. The molecule has 0 amide bonds. The summed E-state index contributed by atoms with van der Waals surface area (Å²) in [5, 5.41) is 2.05. The van der Waals surface area contributed by atoms with Gasteiger partial charge in [0.15, 0.2) is 0 Å². The van der Waals surface area contributed by atoms with Crippen LogP contribution in [0.25, 0.3) is 12.2 Å². The fourth-order valence-corrected chi connectivity index (χ4v) is 3.85. The van der Waals surface area contributed by atoms with Crippen molar-refractivity contribution in [2.75, 3.05) is 0 Å². The third-order valence-corrected chi connectivity index (χ3v) is 6.02. The second kappa shape index (κ2) is 12.6. The van der Waals surface area contributed by atoms with Crippen LogP contribution < -0.4 is 0 Å². The van der Waals surface area contributed by atoms with E-state index in [1.54, 1.807) is 12.2 Å². The molecule has 0 aromatic heterocycles. The lowest BCUT2D eigenvalue weighted by molar-refractivity contribution is 0.612. The first kappa shape index (κ1) is 25.1. The summed E-state index contributed by atoms with van der Waals surface area (Å²) < 4.78 is 24.9. The monoisotopic (exact) mass is 494 g/mol. The van der Waals surface area contributed by atoms with Crippen LogP contribution in [0.1, 0.15) is 33.4 Å². The van der Waals surface area contributed by atoms with Gasteiger partial charge in [0.2, 0.25) is 9.84 Å². The third-order valence-electron chi connectivity index (χ3n) is 5.09. The van der Waals surface area contributed by atoms with Gasteiger partial charge < -0.3 is 0 Å². The molecule has 0 radical (unpaired) electrons. The highest BCUT2D eigenvalue weighted by Crippen LogP contribution is 2.11. The Balaban J connectivity index is 1.52. The molecule has 0 spiro atoms. The minimum absolute atomic E-state index is 0.780. The molecule has 4 aromatic carbocycles. The van der Waals surface area contributed by atoms with Crippen LogP contribution in [-0.2, 0) is 9.84 Å². The summed E-state index contributed by atoms with van der Waals surface area (Å²) in [6, 6.07) is 34.4. The molecule has 0 atom stereocenters. The molecule has 0 unspecified atom stereocenters. The van der Waals surface area contributed by atoms with E-state index >= 15 is 0 Å². The molecule has 0 fully saturated rings. The van der Waals surface area contributed by atoms with Crippen molar-refractivity contribution >= 4 is 22.0 Å². The first-order chi connectivity index (χ1) is 18.1. The Hall–Kier alpha value is -5.01. The lowest BCUT2D eigenvalue weighted by Crippen LogP contribution is -1.86. The normalized spacial score (nSPS) is 9.73. The maximum atomic E-state index is 12.5.